The third-order valence-corrected chi connectivity index (χ3v) is 3.26. The van der Waals surface area contributed by atoms with Crippen LogP contribution in [0.1, 0.15) is 17.5 Å². The second kappa shape index (κ2) is 8.73. The molecule has 0 fully saturated rings. The highest BCUT2D eigenvalue weighted by molar-refractivity contribution is 6.02. The van der Waals surface area contributed by atoms with Gasteiger partial charge in [-0.05, 0) is 36.7 Å². The van der Waals surface area contributed by atoms with Gasteiger partial charge in [-0.1, -0.05) is 13.0 Å². The maximum Gasteiger partial charge on any atom is 0.291 e. The van der Waals surface area contributed by atoms with Gasteiger partial charge >= 0.3 is 0 Å². The summed E-state index contributed by atoms with van der Waals surface area (Å²) < 4.78 is 10.5. The largest absolute Gasteiger partial charge is 0.484 e. The van der Waals surface area contributed by atoms with Gasteiger partial charge in [-0.3, -0.25) is 9.59 Å². The van der Waals surface area contributed by atoms with E-state index in [1.165, 1.54) is 6.26 Å². The van der Waals surface area contributed by atoms with Crippen LogP contribution in [0.3, 0.4) is 0 Å². The molecule has 0 saturated carbocycles. The minimum absolute atomic E-state index is 0.104. The third kappa shape index (κ3) is 5.44. The van der Waals surface area contributed by atoms with Crippen LogP contribution < -0.4 is 21.1 Å². The summed E-state index contributed by atoms with van der Waals surface area (Å²) in [6.07, 6.45) is 1.43. The average molecular weight is 331 g/mol. The number of hydrogen-bond donors (Lipinski definition) is 3. The van der Waals surface area contributed by atoms with Gasteiger partial charge < -0.3 is 25.5 Å². The minimum atomic E-state index is -0.356. The van der Waals surface area contributed by atoms with E-state index in [-0.39, 0.29) is 30.1 Å². The number of carbonyl (C=O) groups excluding carboxylic acids is 2. The normalized spacial score (nSPS) is 11.6. The molecule has 1 unspecified atom stereocenters. The highest BCUT2D eigenvalue weighted by atomic mass is 16.5. The van der Waals surface area contributed by atoms with Crippen LogP contribution in [0.15, 0.2) is 47.1 Å². The van der Waals surface area contributed by atoms with Gasteiger partial charge in [0.25, 0.3) is 11.8 Å². The summed E-state index contributed by atoms with van der Waals surface area (Å²) in [5.74, 6) is 0.337. The number of nitrogens with one attached hydrogen (secondary N) is 2. The van der Waals surface area contributed by atoms with E-state index in [4.69, 9.17) is 14.9 Å². The second-order valence-electron chi connectivity index (χ2n) is 5.39. The number of amides is 2. The first-order valence-electron chi connectivity index (χ1n) is 7.63. The summed E-state index contributed by atoms with van der Waals surface area (Å²) in [5.41, 5.74) is 6.04. The lowest BCUT2D eigenvalue weighted by atomic mass is 10.2. The Morgan fingerprint density at radius 3 is 2.83 bits per heavy atom. The van der Waals surface area contributed by atoms with Crippen molar-refractivity contribution in [3.8, 4) is 5.75 Å². The predicted molar refractivity (Wildman–Crippen MR) is 89.8 cm³/mol. The Balaban J connectivity index is 1.84. The zero-order chi connectivity index (χ0) is 17.4. The summed E-state index contributed by atoms with van der Waals surface area (Å²) in [5, 5.41) is 5.44. The molecular formula is C17H21N3O4. The van der Waals surface area contributed by atoms with Crippen LogP contribution in [-0.4, -0.2) is 31.5 Å². The fourth-order valence-electron chi connectivity index (χ4n) is 1.84. The van der Waals surface area contributed by atoms with E-state index in [9.17, 15) is 9.59 Å². The molecule has 1 aromatic heterocycles. The molecule has 2 amide bonds. The molecule has 2 aromatic rings. The molecular weight excluding hydrogens is 310 g/mol. The van der Waals surface area contributed by atoms with Crippen LogP contribution in [0, 0.1) is 5.92 Å². The summed E-state index contributed by atoms with van der Waals surface area (Å²) in [6.45, 7) is 2.87. The number of anilines is 1. The topological polar surface area (TPSA) is 107 Å². The maximum absolute atomic E-state index is 11.9. The van der Waals surface area contributed by atoms with Gasteiger partial charge in [0.1, 0.15) is 5.75 Å². The van der Waals surface area contributed by atoms with Crippen molar-refractivity contribution >= 4 is 17.5 Å². The van der Waals surface area contributed by atoms with Crippen LogP contribution >= 0.6 is 0 Å². The molecule has 0 aliphatic carbocycles. The molecule has 24 heavy (non-hydrogen) atoms. The first-order valence-corrected chi connectivity index (χ1v) is 7.63. The van der Waals surface area contributed by atoms with E-state index in [0.29, 0.717) is 24.5 Å². The molecule has 1 aromatic carbocycles. The van der Waals surface area contributed by atoms with E-state index in [1.54, 1.807) is 36.4 Å². The summed E-state index contributed by atoms with van der Waals surface area (Å²) >= 11 is 0. The van der Waals surface area contributed by atoms with Crippen molar-refractivity contribution in [3.63, 3.8) is 0 Å². The smallest absolute Gasteiger partial charge is 0.291 e. The average Bonchev–Trinajstić information content (AvgIpc) is 3.13. The lowest BCUT2D eigenvalue weighted by Crippen LogP contribution is -2.34. The Labute approximate surface area is 140 Å². The number of benzene rings is 1. The quantitative estimate of drug-likeness (QED) is 0.681. The summed E-state index contributed by atoms with van der Waals surface area (Å²) in [4.78, 5) is 23.6. The Morgan fingerprint density at radius 1 is 1.29 bits per heavy atom. The fourth-order valence-corrected chi connectivity index (χ4v) is 1.84. The molecule has 7 heteroatoms. The van der Waals surface area contributed by atoms with Crippen molar-refractivity contribution in [1.29, 1.82) is 0 Å². The van der Waals surface area contributed by atoms with Crippen molar-refractivity contribution in [2.45, 2.75) is 6.92 Å². The van der Waals surface area contributed by atoms with Crippen molar-refractivity contribution in [3.05, 3.63) is 48.4 Å². The van der Waals surface area contributed by atoms with Crippen LogP contribution in [0.2, 0.25) is 0 Å². The SMILES string of the molecule is CC(CN)CNC(=O)COc1cccc(NC(=O)c2ccco2)c1. The molecule has 0 bridgehead atoms. The molecule has 4 N–H and O–H groups in total. The summed E-state index contributed by atoms with van der Waals surface area (Å²) in [6, 6.07) is 9.99. The van der Waals surface area contributed by atoms with Crippen LogP contribution in [0.25, 0.3) is 0 Å². The second-order valence-corrected chi connectivity index (χ2v) is 5.39. The van der Waals surface area contributed by atoms with Gasteiger partial charge in [-0.25, -0.2) is 0 Å². The number of ether oxygens (including phenoxy) is 1. The van der Waals surface area contributed by atoms with Gasteiger partial charge in [0.15, 0.2) is 12.4 Å². The predicted octanol–water partition coefficient (Wildman–Crippen LogP) is 1.62. The molecule has 1 atom stereocenters. The Hall–Kier alpha value is -2.80. The number of hydrogen-bond acceptors (Lipinski definition) is 5. The Kier molecular flexibility index (Phi) is 6.39. The van der Waals surface area contributed by atoms with Crippen LogP contribution in [0.4, 0.5) is 5.69 Å². The Morgan fingerprint density at radius 2 is 2.12 bits per heavy atom. The van der Waals surface area contributed by atoms with Crippen molar-refractivity contribution in [2.75, 3.05) is 25.0 Å². The molecule has 0 aliphatic heterocycles. The van der Waals surface area contributed by atoms with E-state index < -0.39 is 0 Å². The molecule has 0 spiro atoms. The molecule has 2 rings (SSSR count). The lowest BCUT2D eigenvalue weighted by molar-refractivity contribution is -0.123. The maximum atomic E-state index is 11.9. The molecule has 0 radical (unpaired) electrons. The molecule has 7 nitrogen and oxygen atoms in total. The molecule has 0 aliphatic rings. The van der Waals surface area contributed by atoms with E-state index in [1.807, 2.05) is 6.92 Å². The number of rotatable bonds is 8. The third-order valence-electron chi connectivity index (χ3n) is 3.26. The first-order chi connectivity index (χ1) is 11.6. The van der Waals surface area contributed by atoms with Crippen LogP contribution in [0.5, 0.6) is 5.75 Å². The van der Waals surface area contributed by atoms with Crippen LogP contribution in [-0.2, 0) is 4.79 Å². The number of nitrogens with two attached hydrogens (primary N) is 1. The van der Waals surface area contributed by atoms with Gasteiger partial charge in [0, 0.05) is 18.3 Å². The van der Waals surface area contributed by atoms with E-state index >= 15 is 0 Å². The highest BCUT2D eigenvalue weighted by Crippen LogP contribution is 2.18. The molecule has 1 heterocycles. The lowest BCUT2D eigenvalue weighted by Gasteiger charge is -2.11. The van der Waals surface area contributed by atoms with Gasteiger partial charge in [-0.15, -0.1) is 0 Å². The van der Waals surface area contributed by atoms with Gasteiger partial charge in [0.05, 0.1) is 6.26 Å². The highest BCUT2D eigenvalue weighted by Gasteiger charge is 2.10. The van der Waals surface area contributed by atoms with Gasteiger partial charge in [0.2, 0.25) is 0 Å². The zero-order valence-corrected chi connectivity index (χ0v) is 13.5. The number of furan rings is 1. The van der Waals surface area contributed by atoms with E-state index in [2.05, 4.69) is 10.6 Å². The standard InChI is InChI=1S/C17H21N3O4/c1-12(9-18)10-19-16(21)11-24-14-5-2-4-13(8-14)20-17(22)15-6-3-7-23-15/h2-8,12H,9-11,18H2,1H3,(H,19,21)(H,20,22). The van der Waals surface area contributed by atoms with E-state index in [0.717, 1.165) is 0 Å². The minimum Gasteiger partial charge on any atom is -0.484 e. The van der Waals surface area contributed by atoms with Gasteiger partial charge in [-0.2, -0.15) is 0 Å². The van der Waals surface area contributed by atoms with Crippen molar-refractivity contribution in [1.82, 2.24) is 5.32 Å². The fraction of sp³-hybridized carbons (Fsp3) is 0.294. The number of carbonyl (C=O) groups is 2. The monoisotopic (exact) mass is 331 g/mol. The summed E-state index contributed by atoms with van der Waals surface area (Å²) in [7, 11) is 0. The zero-order valence-electron chi connectivity index (χ0n) is 13.5. The Bertz CT molecular complexity index is 670. The van der Waals surface area contributed by atoms with Crippen molar-refractivity contribution < 1.29 is 18.7 Å². The first kappa shape index (κ1) is 17.6. The molecule has 0 saturated heterocycles. The molecule has 128 valence electrons. The van der Waals surface area contributed by atoms with Crippen molar-refractivity contribution in [2.24, 2.45) is 11.7 Å².